The quantitative estimate of drug-likeness (QED) is 0.842. The molecule has 0 saturated carbocycles. The van der Waals surface area contributed by atoms with Crippen LogP contribution in [0.1, 0.15) is 16.7 Å². The van der Waals surface area contributed by atoms with Crippen molar-refractivity contribution in [3.05, 3.63) is 65.0 Å². The molecular formula is C17H20FNOS. The van der Waals surface area contributed by atoms with Crippen LogP contribution in [0.3, 0.4) is 0 Å². The van der Waals surface area contributed by atoms with E-state index < -0.39 is 10.8 Å². The second kappa shape index (κ2) is 6.96. The Balaban J connectivity index is 2.01. The predicted molar refractivity (Wildman–Crippen MR) is 85.1 cm³/mol. The molecule has 0 aliphatic rings. The second-order valence-corrected chi connectivity index (χ2v) is 6.72. The first-order valence-corrected chi connectivity index (χ1v) is 8.37. The smallest absolute Gasteiger partial charge is 0.123 e. The van der Waals surface area contributed by atoms with Crippen molar-refractivity contribution in [2.75, 3.05) is 13.3 Å². The van der Waals surface area contributed by atoms with E-state index in [4.69, 9.17) is 0 Å². The zero-order valence-electron chi connectivity index (χ0n) is 12.6. The number of benzene rings is 2. The molecule has 0 fully saturated rings. The van der Waals surface area contributed by atoms with Crippen molar-refractivity contribution in [3.63, 3.8) is 0 Å². The minimum Gasteiger partial charge on any atom is -0.298 e. The highest BCUT2D eigenvalue weighted by Gasteiger charge is 2.06. The summed E-state index contributed by atoms with van der Waals surface area (Å²) in [6.07, 6.45) is 1.68. The maximum atomic E-state index is 13.1. The molecule has 0 spiro atoms. The lowest BCUT2D eigenvalue weighted by molar-refractivity contribution is 0.318. The molecule has 1 atom stereocenters. The first-order chi connectivity index (χ1) is 9.95. The summed E-state index contributed by atoms with van der Waals surface area (Å²) >= 11 is 0. The van der Waals surface area contributed by atoms with Crippen LogP contribution in [-0.4, -0.2) is 22.4 Å². The molecule has 0 aliphatic carbocycles. The Hall–Kier alpha value is -1.52. The fourth-order valence-electron chi connectivity index (χ4n) is 2.28. The maximum absolute atomic E-state index is 13.1. The van der Waals surface area contributed by atoms with Crippen molar-refractivity contribution in [1.29, 1.82) is 0 Å². The van der Waals surface area contributed by atoms with Gasteiger partial charge >= 0.3 is 0 Å². The third-order valence-electron chi connectivity index (χ3n) is 3.45. The van der Waals surface area contributed by atoms with Crippen LogP contribution in [0.2, 0.25) is 0 Å². The standard InChI is InChI=1S/C17H20FNOS/c1-13-10-16(18)7-6-15(13)12-19(2)11-14-4-8-17(9-5-14)21(3)20/h4-10H,11-12H2,1-3H3/t21-/m1/s1. The van der Waals surface area contributed by atoms with Crippen molar-refractivity contribution < 1.29 is 8.60 Å². The lowest BCUT2D eigenvalue weighted by Crippen LogP contribution is -2.17. The van der Waals surface area contributed by atoms with E-state index in [1.165, 1.54) is 11.6 Å². The van der Waals surface area contributed by atoms with Gasteiger partial charge in [-0.05, 0) is 54.9 Å². The first-order valence-electron chi connectivity index (χ1n) is 6.81. The van der Waals surface area contributed by atoms with E-state index in [-0.39, 0.29) is 5.82 Å². The van der Waals surface area contributed by atoms with Gasteiger partial charge in [-0.1, -0.05) is 18.2 Å². The molecule has 0 aliphatic heterocycles. The predicted octanol–water partition coefficient (Wildman–Crippen LogP) is 3.50. The first kappa shape index (κ1) is 15.9. The highest BCUT2D eigenvalue weighted by atomic mass is 32.2. The lowest BCUT2D eigenvalue weighted by atomic mass is 10.1. The maximum Gasteiger partial charge on any atom is 0.123 e. The molecule has 0 aromatic heterocycles. The van der Waals surface area contributed by atoms with Crippen LogP contribution in [0.15, 0.2) is 47.4 Å². The normalized spacial score (nSPS) is 12.6. The minimum absolute atomic E-state index is 0.193. The summed E-state index contributed by atoms with van der Waals surface area (Å²) in [6, 6.07) is 12.7. The number of rotatable bonds is 5. The van der Waals surface area contributed by atoms with Crippen LogP contribution < -0.4 is 0 Å². The monoisotopic (exact) mass is 305 g/mol. The summed E-state index contributed by atoms with van der Waals surface area (Å²) < 4.78 is 24.5. The third-order valence-corrected chi connectivity index (χ3v) is 4.39. The Morgan fingerprint density at radius 1 is 1.10 bits per heavy atom. The molecule has 112 valence electrons. The fraction of sp³-hybridized carbons (Fsp3) is 0.294. The Morgan fingerprint density at radius 3 is 2.33 bits per heavy atom. The Labute approximate surface area is 128 Å². The summed E-state index contributed by atoms with van der Waals surface area (Å²) in [7, 11) is 1.10. The Kier molecular flexibility index (Phi) is 5.26. The van der Waals surface area contributed by atoms with Gasteiger partial charge in [-0.15, -0.1) is 0 Å². The Bertz CT molecular complexity index is 640. The summed E-state index contributed by atoms with van der Waals surface area (Å²) in [4.78, 5) is 3.02. The molecule has 21 heavy (non-hydrogen) atoms. The van der Waals surface area contributed by atoms with Crippen molar-refractivity contribution in [2.45, 2.75) is 24.9 Å². The number of halogens is 1. The number of aryl methyl sites for hydroxylation is 1. The third kappa shape index (κ3) is 4.48. The van der Waals surface area contributed by atoms with Gasteiger partial charge in [0, 0.05) is 35.0 Å². The molecule has 2 aromatic rings. The van der Waals surface area contributed by atoms with E-state index in [1.54, 1.807) is 12.3 Å². The molecule has 2 aromatic carbocycles. The lowest BCUT2D eigenvalue weighted by Gasteiger charge is -2.18. The zero-order valence-corrected chi connectivity index (χ0v) is 13.4. The van der Waals surface area contributed by atoms with E-state index >= 15 is 0 Å². The molecule has 2 rings (SSSR count). The van der Waals surface area contributed by atoms with Gasteiger partial charge in [0.15, 0.2) is 0 Å². The topological polar surface area (TPSA) is 20.3 Å². The van der Waals surface area contributed by atoms with Crippen LogP contribution in [0.5, 0.6) is 0 Å². The van der Waals surface area contributed by atoms with E-state index in [2.05, 4.69) is 4.90 Å². The SMILES string of the molecule is Cc1cc(F)ccc1CN(C)Cc1ccc([S@@](C)=O)cc1. The Morgan fingerprint density at radius 2 is 1.76 bits per heavy atom. The van der Waals surface area contributed by atoms with Gasteiger partial charge in [0.1, 0.15) is 5.82 Å². The van der Waals surface area contributed by atoms with Crippen molar-refractivity contribution in [2.24, 2.45) is 0 Å². The highest BCUT2D eigenvalue weighted by molar-refractivity contribution is 7.84. The van der Waals surface area contributed by atoms with Crippen LogP contribution >= 0.6 is 0 Å². The van der Waals surface area contributed by atoms with Gasteiger partial charge in [-0.25, -0.2) is 4.39 Å². The van der Waals surface area contributed by atoms with Gasteiger partial charge in [-0.3, -0.25) is 9.11 Å². The second-order valence-electron chi connectivity index (χ2n) is 5.34. The summed E-state index contributed by atoms with van der Waals surface area (Å²) in [6.45, 7) is 3.50. The van der Waals surface area contributed by atoms with Crippen LogP contribution in [0.25, 0.3) is 0 Å². The summed E-state index contributed by atoms with van der Waals surface area (Å²) in [5.74, 6) is -0.193. The number of nitrogens with zero attached hydrogens (tertiary/aromatic N) is 1. The molecule has 4 heteroatoms. The fourth-order valence-corrected chi connectivity index (χ4v) is 2.80. The number of hydrogen-bond acceptors (Lipinski definition) is 2. The van der Waals surface area contributed by atoms with Crippen LogP contribution in [-0.2, 0) is 23.9 Å². The van der Waals surface area contributed by atoms with Crippen LogP contribution in [0.4, 0.5) is 4.39 Å². The molecule has 0 heterocycles. The van der Waals surface area contributed by atoms with E-state index in [9.17, 15) is 8.60 Å². The minimum atomic E-state index is -0.936. The van der Waals surface area contributed by atoms with Gasteiger partial charge in [0.05, 0.1) is 0 Å². The van der Waals surface area contributed by atoms with Crippen molar-refractivity contribution in [3.8, 4) is 0 Å². The summed E-state index contributed by atoms with van der Waals surface area (Å²) in [5, 5.41) is 0. The molecule has 0 radical (unpaired) electrons. The van der Waals surface area contributed by atoms with Crippen molar-refractivity contribution >= 4 is 10.8 Å². The summed E-state index contributed by atoms with van der Waals surface area (Å²) in [5.41, 5.74) is 3.27. The van der Waals surface area contributed by atoms with Crippen LogP contribution in [0, 0.1) is 12.7 Å². The molecule has 2 nitrogen and oxygen atoms in total. The molecular weight excluding hydrogens is 285 g/mol. The van der Waals surface area contributed by atoms with Gasteiger partial charge in [0.25, 0.3) is 0 Å². The largest absolute Gasteiger partial charge is 0.298 e. The molecule has 0 bridgehead atoms. The highest BCUT2D eigenvalue weighted by Crippen LogP contribution is 2.14. The van der Waals surface area contributed by atoms with Crippen molar-refractivity contribution in [1.82, 2.24) is 4.90 Å². The average Bonchev–Trinajstić information content (AvgIpc) is 2.42. The molecule has 0 amide bonds. The molecule has 0 unspecified atom stereocenters. The van der Waals surface area contributed by atoms with Gasteiger partial charge in [0.2, 0.25) is 0 Å². The number of hydrogen-bond donors (Lipinski definition) is 0. The van der Waals surface area contributed by atoms with E-state index in [0.717, 1.165) is 29.1 Å². The van der Waals surface area contributed by atoms with E-state index in [1.807, 2.05) is 44.3 Å². The molecule has 0 N–H and O–H groups in total. The van der Waals surface area contributed by atoms with E-state index in [0.29, 0.717) is 0 Å². The molecule has 0 saturated heterocycles. The van der Waals surface area contributed by atoms with Gasteiger partial charge in [-0.2, -0.15) is 0 Å². The van der Waals surface area contributed by atoms with Gasteiger partial charge < -0.3 is 0 Å². The zero-order chi connectivity index (χ0) is 15.4. The average molecular weight is 305 g/mol.